The average molecular weight is 377 g/mol. The molecule has 0 aliphatic carbocycles. The first-order valence-electron chi connectivity index (χ1n) is 8.79. The molecular weight excluding hydrogens is 359 g/mol. The Morgan fingerprint density at radius 1 is 1.15 bits per heavy atom. The number of aromatic hydroxyl groups is 1. The third kappa shape index (κ3) is 3.54. The third-order valence-corrected chi connectivity index (χ3v) is 4.74. The number of nitrogens with zero attached hydrogens (tertiary/aromatic N) is 4. The molecule has 6 nitrogen and oxygen atoms in total. The molecular formula is C18H18F3N5O. The first-order chi connectivity index (χ1) is 12.9. The van der Waals surface area contributed by atoms with Gasteiger partial charge in [0.25, 0.3) is 0 Å². The van der Waals surface area contributed by atoms with Crippen LogP contribution in [0.25, 0.3) is 11.6 Å². The Balaban J connectivity index is 1.65. The molecule has 1 saturated heterocycles. The number of allylic oxidation sites excluding steroid dienone is 1. The van der Waals surface area contributed by atoms with Gasteiger partial charge in [0, 0.05) is 36.6 Å². The lowest BCUT2D eigenvalue weighted by Gasteiger charge is -2.18. The van der Waals surface area contributed by atoms with E-state index in [1.807, 2.05) is 0 Å². The second kappa shape index (κ2) is 6.71. The highest BCUT2D eigenvalue weighted by molar-refractivity contribution is 6.21. The number of aromatic amines is 1. The van der Waals surface area contributed by atoms with E-state index in [9.17, 15) is 18.3 Å². The van der Waals surface area contributed by atoms with E-state index in [-0.39, 0.29) is 17.3 Å². The maximum absolute atomic E-state index is 13.0. The second-order valence-electron chi connectivity index (χ2n) is 6.65. The quantitative estimate of drug-likeness (QED) is 0.824. The van der Waals surface area contributed by atoms with Gasteiger partial charge in [-0.15, -0.1) is 0 Å². The lowest BCUT2D eigenvalue weighted by atomic mass is 10.1. The largest absolute Gasteiger partial charge is 0.492 e. The SMILES string of the molecule is Oc1nc(N2CCCCCC2)[nH]c1/C=C1/C=Nc2ncc(C(F)(F)F)cc21. The number of aliphatic imine (C=N–C) groups is 1. The van der Waals surface area contributed by atoms with E-state index >= 15 is 0 Å². The van der Waals surface area contributed by atoms with Crippen LogP contribution in [-0.2, 0) is 6.18 Å². The summed E-state index contributed by atoms with van der Waals surface area (Å²) in [6.07, 6.45) is 3.72. The minimum atomic E-state index is -4.48. The molecule has 1 fully saturated rings. The van der Waals surface area contributed by atoms with E-state index in [4.69, 9.17) is 0 Å². The molecule has 4 rings (SSSR count). The summed E-state index contributed by atoms with van der Waals surface area (Å²) in [6, 6.07) is 1.02. The van der Waals surface area contributed by atoms with Gasteiger partial charge in [0.05, 0.1) is 5.56 Å². The molecule has 2 aliphatic rings. The van der Waals surface area contributed by atoms with Gasteiger partial charge in [-0.25, -0.2) is 9.98 Å². The third-order valence-electron chi connectivity index (χ3n) is 4.74. The molecule has 9 heteroatoms. The second-order valence-corrected chi connectivity index (χ2v) is 6.65. The molecule has 2 aliphatic heterocycles. The molecule has 142 valence electrons. The summed E-state index contributed by atoms with van der Waals surface area (Å²) in [6.45, 7) is 1.71. The molecule has 27 heavy (non-hydrogen) atoms. The molecule has 0 bridgehead atoms. The van der Waals surface area contributed by atoms with E-state index < -0.39 is 11.7 Å². The highest BCUT2D eigenvalue weighted by atomic mass is 19.4. The van der Waals surface area contributed by atoms with Gasteiger partial charge < -0.3 is 15.0 Å². The Morgan fingerprint density at radius 3 is 2.59 bits per heavy atom. The predicted molar refractivity (Wildman–Crippen MR) is 96.2 cm³/mol. The number of imidazole rings is 1. The predicted octanol–water partition coefficient (Wildman–Crippen LogP) is 4.17. The summed E-state index contributed by atoms with van der Waals surface area (Å²) < 4.78 is 38.9. The van der Waals surface area contributed by atoms with E-state index in [1.165, 1.54) is 19.1 Å². The van der Waals surface area contributed by atoms with Crippen LogP contribution in [0, 0.1) is 0 Å². The Kier molecular flexibility index (Phi) is 4.37. The molecule has 2 aromatic heterocycles. The normalized spacial score (nSPS) is 18.8. The summed E-state index contributed by atoms with van der Waals surface area (Å²) in [7, 11) is 0. The number of aromatic nitrogens is 3. The summed E-state index contributed by atoms with van der Waals surface area (Å²) in [4.78, 5) is 17.1. The molecule has 0 atom stereocenters. The van der Waals surface area contributed by atoms with Crippen LogP contribution in [0.15, 0.2) is 17.3 Å². The van der Waals surface area contributed by atoms with Gasteiger partial charge in [-0.1, -0.05) is 12.8 Å². The fourth-order valence-corrected chi connectivity index (χ4v) is 3.30. The van der Waals surface area contributed by atoms with E-state index in [1.54, 1.807) is 6.08 Å². The van der Waals surface area contributed by atoms with Crippen molar-refractivity contribution < 1.29 is 18.3 Å². The van der Waals surface area contributed by atoms with Crippen molar-refractivity contribution in [2.24, 2.45) is 4.99 Å². The van der Waals surface area contributed by atoms with Gasteiger partial charge in [0.15, 0.2) is 5.82 Å². The number of anilines is 1. The molecule has 0 unspecified atom stereocenters. The number of halogens is 3. The fraction of sp³-hybridized carbons (Fsp3) is 0.389. The number of fused-ring (bicyclic) bond motifs is 1. The van der Waals surface area contributed by atoms with Crippen LogP contribution in [0.5, 0.6) is 5.88 Å². The van der Waals surface area contributed by atoms with Gasteiger partial charge in [-0.2, -0.15) is 18.2 Å². The van der Waals surface area contributed by atoms with Crippen molar-refractivity contribution in [3.63, 3.8) is 0 Å². The van der Waals surface area contributed by atoms with Crippen LogP contribution in [0.2, 0.25) is 0 Å². The molecule has 2 N–H and O–H groups in total. The fourth-order valence-electron chi connectivity index (χ4n) is 3.30. The minimum Gasteiger partial charge on any atom is -0.492 e. The Hall–Kier alpha value is -2.84. The van der Waals surface area contributed by atoms with Gasteiger partial charge >= 0.3 is 6.18 Å². The molecule has 0 saturated carbocycles. The van der Waals surface area contributed by atoms with Crippen molar-refractivity contribution >= 4 is 29.6 Å². The smallest absolute Gasteiger partial charge is 0.417 e. The number of H-pyrrole nitrogens is 1. The van der Waals surface area contributed by atoms with Crippen LogP contribution < -0.4 is 4.90 Å². The highest BCUT2D eigenvalue weighted by Crippen LogP contribution is 2.37. The zero-order valence-corrected chi connectivity index (χ0v) is 14.4. The first-order valence-corrected chi connectivity index (χ1v) is 8.79. The van der Waals surface area contributed by atoms with Gasteiger partial charge in [-0.3, -0.25) is 0 Å². The topological polar surface area (TPSA) is 77.4 Å². The maximum Gasteiger partial charge on any atom is 0.417 e. The number of hydrogen-bond acceptors (Lipinski definition) is 5. The molecule has 0 aromatic carbocycles. The van der Waals surface area contributed by atoms with Crippen molar-refractivity contribution in [3.8, 4) is 5.88 Å². The zero-order valence-electron chi connectivity index (χ0n) is 14.4. The molecule has 2 aromatic rings. The van der Waals surface area contributed by atoms with Crippen molar-refractivity contribution in [3.05, 3.63) is 29.1 Å². The first kappa shape index (κ1) is 17.6. The lowest BCUT2D eigenvalue weighted by Crippen LogP contribution is -2.24. The van der Waals surface area contributed by atoms with E-state index in [0.29, 0.717) is 17.2 Å². The van der Waals surface area contributed by atoms with Crippen LogP contribution in [0.3, 0.4) is 0 Å². The Bertz CT molecular complexity index is 908. The van der Waals surface area contributed by atoms with Crippen LogP contribution in [0.1, 0.15) is 42.5 Å². The number of pyridine rings is 1. The van der Waals surface area contributed by atoms with Crippen LogP contribution >= 0.6 is 0 Å². The number of rotatable bonds is 2. The highest BCUT2D eigenvalue weighted by Gasteiger charge is 2.32. The number of nitrogens with one attached hydrogen (secondary N) is 1. The van der Waals surface area contributed by atoms with Gasteiger partial charge in [0.2, 0.25) is 11.8 Å². The standard InChI is InChI=1S/C18H18F3N5O/c19-18(20,21)12-8-13-11(9-22-15(13)23-10-12)7-14-16(27)25-17(24-14)26-5-3-1-2-4-6-26/h7-10,27H,1-6H2,(H,24,25)/b11-7-. The van der Waals surface area contributed by atoms with Crippen molar-refractivity contribution in [1.82, 2.24) is 15.0 Å². The monoisotopic (exact) mass is 377 g/mol. The van der Waals surface area contributed by atoms with Crippen LogP contribution in [-0.4, -0.2) is 39.4 Å². The number of hydrogen-bond donors (Lipinski definition) is 2. The molecule has 0 amide bonds. The van der Waals surface area contributed by atoms with Gasteiger partial charge in [-0.05, 0) is 25.0 Å². The number of alkyl halides is 3. The minimum absolute atomic E-state index is 0.191. The molecule has 0 radical (unpaired) electrons. The summed E-state index contributed by atoms with van der Waals surface area (Å²) in [5.41, 5.74) is 0.206. The van der Waals surface area contributed by atoms with Gasteiger partial charge in [0.1, 0.15) is 5.69 Å². The van der Waals surface area contributed by atoms with E-state index in [2.05, 4.69) is 24.8 Å². The Morgan fingerprint density at radius 2 is 1.89 bits per heavy atom. The average Bonchev–Trinajstić information content (AvgIpc) is 3.07. The summed E-state index contributed by atoms with van der Waals surface area (Å²) in [5, 5.41) is 10.2. The molecule has 4 heterocycles. The maximum atomic E-state index is 13.0. The summed E-state index contributed by atoms with van der Waals surface area (Å²) >= 11 is 0. The zero-order chi connectivity index (χ0) is 19.0. The van der Waals surface area contributed by atoms with Crippen molar-refractivity contribution in [1.29, 1.82) is 0 Å². The van der Waals surface area contributed by atoms with E-state index in [0.717, 1.165) is 38.2 Å². The lowest BCUT2D eigenvalue weighted by molar-refractivity contribution is -0.137. The Labute approximate surface area is 153 Å². The van der Waals surface area contributed by atoms with Crippen LogP contribution in [0.4, 0.5) is 24.9 Å². The van der Waals surface area contributed by atoms with Crippen molar-refractivity contribution in [2.75, 3.05) is 18.0 Å². The summed E-state index contributed by atoms with van der Waals surface area (Å²) in [5.74, 6) is 0.600. The van der Waals surface area contributed by atoms with Crippen molar-refractivity contribution in [2.45, 2.75) is 31.9 Å². The molecule has 0 spiro atoms.